The molecule has 0 heterocycles. The number of non-ortho nitro benzene ring substituents is 1. The summed E-state index contributed by atoms with van der Waals surface area (Å²) >= 11 is 1.34. The third-order valence-electron chi connectivity index (χ3n) is 2.84. The molecule has 0 saturated carbocycles. The molecule has 0 aliphatic carbocycles. The average molecular weight is 302 g/mol. The summed E-state index contributed by atoms with van der Waals surface area (Å²) in [5.41, 5.74) is 1.85. The summed E-state index contributed by atoms with van der Waals surface area (Å²) in [6, 6.07) is 13.7. The van der Waals surface area contributed by atoms with Gasteiger partial charge in [-0.15, -0.1) is 11.8 Å². The van der Waals surface area contributed by atoms with Crippen molar-refractivity contribution in [3.63, 3.8) is 0 Å². The van der Waals surface area contributed by atoms with Crippen LogP contribution in [0.5, 0.6) is 0 Å². The van der Waals surface area contributed by atoms with Gasteiger partial charge in [0.25, 0.3) is 5.69 Å². The summed E-state index contributed by atoms with van der Waals surface area (Å²) < 4.78 is 0. The molecule has 2 rings (SSSR count). The number of nitrogens with zero attached hydrogens (tertiary/aromatic N) is 1. The topological polar surface area (TPSA) is 72.2 Å². The molecular formula is C15H14N2O3S. The lowest BCUT2D eigenvalue weighted by molar-refractivity contribution is -0.384. The van der Waals surface area contributed by atoms with E-state index in [4.69, 9.17) is 0 Å². The van der Waals surface area contributed by atoms with Crippen LogP contribution in [0.4, 0.5) is 11.4 Å². The molecule has 0 atom stereocenters. The van der Waals surface area contributed by atoms with E-state index in [-0.39, 0.29) is 17.3 Å². The molecule has 0 spiro atoms. The summed E-state index contributed by atoms with van der Waals surface area (Å²) in [4.78, 5) is 22.8. The second-order valence-electron chi connectivity index (χ2n) is 4.40. The van der Waals surface area contributed by atoms with Gasteiger partial charge < -0.3 is 5.32 Å². The lowest BCUT2D eigenvalue weighted by Gasteiger charge is -2.07. The van der Waals surface area contributed by atoms with Crippen molar-refractivity contribution in [2.75, 3.05) is 11.1 Å². The van der Waals surface area contributed by atoms with Crippen LogP contribution in [0, 0.1) is 17.0 Å². The van der Waals surface area contributed by atoms with Crippen LogP contribution in [0.2, 0.25) is 0 Å². The molecule has 21 heavy (non-hydrogen) atoms. The molecule has 1 amide bonds. The molecule has 0 aliphatic rings. The standard InChI is InChI=1S/C15H14N2O3S/c1-11-4-2-3-5-14(11)16-15(18)10-21-13-8-6-12(7-9-13)17(19)20/h2-9H,10H2,1H3,(H,16,18). The number of para-hydroxylation sites is 1. The average Bonchev–Trinajstić information content (AvgIpc) is 2.48. The van der Waals surface area contributed by atoms with Gasteiger partial charge in [-0.2, -0.15) is 0 Å². The summed E-state index contributed by atoms with van der Waals surface area (Å²) in [6.07, 6.45) is 0. The molecule has 0 saturated heterocycles. The van der Waals surface area contributed by atoms with Gasteiger partial charge in [0.2, 0.25) is 5.91 Å². The van der Waals surface area contributed by atoms with E-state index in [0.717, 1.165) is 16.1 Å². The van der Waals surface area contributed by atoms with Crippen molar-refractivity contribution in [1.29, 1.82) is 0 Å². The molecule has 2 aromatic carbocycles. The van der Waals surface area contributed by atoms with Crippen LogP contribution in [-0.4, -0.2) is 16.6 Å². The lowest BCUT2D eigenvalue weighted by atomic mass is 10.2. The Morgan fingerprint density at radius 1 is 1.19 bits per heavy atom. The molecule has 5 nitrogen and oxygen atoms in total. The number of nitro benzene ring substituents is 1. The van der Waals surface area contributed by atoms with E-state index in [2.05, 4.69) is 5.32 Å². The van der Waals surface area contributed by atoms with Gasteiger partial charge in [-0.3, -0.25) is 14.9 Å². The van der Waals surface area contributed by atoms with Crippen molar-refractivity contribution in [2.24, 2.45) is 0 Å². The Hall–Kier alpha value is -2.34. The molecule has 0 unspecified atom stereocenters. The Balaban J connectivity index is 1.89. The highest BCUT2D eigenvalue weighted by atomic mass is 32.2. The van der Waals surface area contributed by atoms with Gasteiger partial charge >= 0.3 is 0 Å². The second kappa shape index (κ2) is 6.90. The lowest BCUT2D eigenvalue weighted by Crippen LogP contribution is -2.14. The Morgan fingerprint density at radius 3 is 2.48 bits per heavy atom. The van der Waals surface area contributed by atoms with Crippen LogP contribution in [0.3, 0.4) is 0 Å². The third kappa shape index (κ3) is 4.32. The molecule has 0 bridgehead atoms. The van der Waals surface area contributed by atoms with Gasteiger partial charge in [-0.05, 0) is 30.7 Å². The molecule has 1 N–H and O–H groups in total. The number of anilines is 1. The van der Waals surface area contributed by atoms with Crippen molar-refractivity contribution in [1.82, 2.24) is 0 Å². The summed E-state index contributed by atoms with van der Waals surface area (Å²) in [7, 11) is 0. The van der Waals surface area contributed by atoms with Crippen LogP contribution in [0.15, 0.2) is 53.4 Å². The SMILES string of the molecule is Cc1ccccc1NC(=O)CSc1ccc([N+](=O)[O-])cc1. The number of hydrogen-bond donors (Lipinski definition) is 1. The molecule has 0 radical (unpaired) electrons. The van der Waals surface area contributed by atoms with E-state index in [9.17, 15) is 14.9 Å². The first-order chi connectivity index (χ1) is 10.1. The van der Waals surface area contributed by atoms with Crippen LogP contribution in [-0.2, 0) is 4.79 Å². The van der Waals surface area contributed by atoms with Crippen molar-refractivity contribution in [3.8, 4) is 0 Å². The first-order valence-corrected chi connectivity index (χ1v) is 7.27. The van der Waals surface area contributed by atoms with E-state index in [1.807, 2.05) is 31.2 Å². The van der Waals surface area contributed by atoms with Gasteiger partial charge in [0.1, 0.15) is 0 Å². The minimum atomic E-state index is -0.445. The summed E-state index contributed by atoms with van der Waals surface area (Å²) in [5.74, 6) is 0.152. The number of thioether (sulfide) groups is 1. The number of carbonyl (C=O) groups excluding carboxylic acids is 1. The molecular weight excluding hydrogens is 288 g/mol. The fourth-order valence-corrected chi connectivity index (χ4v) is 2.41. The fraction of sp³-hybridized carbons (Fsp3) is 0.133. The van der Waals surface area contributed by atoms with Crippen molar-refractivity contribution in [3.05, 3.63) is 64.2 Å². The van der Waals surface area contributed by atoms with Crippen molar-refractivity contribution >= 4 is 29.0 Å². The number of hydrogen-bond acceptors (Lipinski definition) is 4. The zero-order chi connectivity index (χ0) is 15.2. The number of rotatable bonds is 5. The molecule has 0 fully saturated rings. The van der Waals surface area contributed by atoms with Crippen LogP contribution in [0.25, 0.3) is 0 Å². The second-order valence-corrected chi connectivity index (χ2v) is 5.45. The van der Waals surface area contributed by atoms with E-state index >= 15 is 0 Å². The predicted octanol–water partition coefficient (Wildman–Crippen LogP) is 3.63. The van der Waals surface area contributed by atoms with Crippen LogP contribution in [0.1, 0.15) is 5.56 Å². The van der Waals surface area contributed by atoms with E-state index in [1.165, 1.54) is 23.9 Å². The zero-order valence-electron chi connectivity index (χ0n) is 11.4. The molecule has 108 valence electrons. The normalized spacial score (nSPS) is 10.1. The maximum Gasteiger partial charge on any atom is 0.269 e. The Bertz CT molecular complexity index is 656. The highest BCUT2D eigenvalue weighted by Crippen LogP contribution is 2.22. The molecule has 0 aliphatic heterocycles. The number of benzene rings is 2. The molecule has 6 heteroatoms. The van der Waals surface area contributed by atoms with Gasteiger partial charge in [0, 0.05) is 22.7 Å². The van der Waals surface area contributed by atoms with Crippen molar-refractivity contribution in [2.45, 2.75) is 11.8 Å². The number of nitro groups is 1. The highest BCUT2D eigenvalue weighted by molar-refractivity contribution is 8.00. The first kappa shape index (κ1) is 15.1. The Kier molecular flexibility index (Phi) is 4.94. The van der Waals surface area contributed by atoms with Crippen LogP contribution >= 0.6 is 11.8 Å². The van der Waals surface area contributed by atoms with Crippen molar-refractivity contribution < 1.29 is 9.72 Å². The smallest absolute Gasteiger partial charge is 0.269 e. The predicted molar refractivity (Wildman–Crippen MR) is 83.6 cm³/mol. The maximum atomic E-state index is 11.9. The summed E-state index contributed by atoms with van der Waals surface area (Å²) in [6.45, 7) is 1.93. The van der Waals surface area contributed by atoms with Gasteiger partial charge in [-0.25, -0.2) is 0 Å². The first-order valence-electron chi connectivity index (χ1n) is 6.29. The number of amides is 1. The largest absolute Gasteiger partial charge is 0.325 e. The monoisotopic (exact) mass is 302 g/mol. The number of nitrogens with one attached hydrogen (secondary N) is 1. The Morgan fingerprint density at radius 2 is 1.86 bits per heavy atom. The minimum absolute atomic E-state index is 0.0451. The van der Waals surface area contributed by atoms with E-state index in [1.54, 1.807) is 12.1 Å². The van der Waals surface area contributed by atoms with E-state index in [0.29, 0.717) is 0 Å². The number of carbonyl (C=O) groups is 1. The Labute approximate surface area is 126 Å². The van der Waals surface area contributed by atoms with Gasteiger partial charge in [-0.1, -0.05) is 18.2 Å². The van der Waals surface area contributed by atoms with Gasteiger partial charge in [0.05, 0.1) is 10.7 Å². The summed E-state index contributed by atoms with van der Waals surface area (Å²) in [5, 5.41) is 13.4. The fourth-order valence-electron chi connectivity index (χ4n) is 1.71. The highest BCUT2D eigenvalue weighted by Gasteiger charge is 2.07. The number of aryl methyl sites for hydroxylation is 1. The van der Waals surface area contributed by atoms with Gasteiger partial charge in [0.15, 0.2) is 0 Å². The zero-order valence-corrected chi connectivity index (χ0v) is 12.2. The molecule has 0 aromatic heterocycles. The van der Waals surface area contributed by atoms with E-state index < -0.39 is 4.92 Å². The van der Waals surface area contributed by atoms with Crippen LogP contribution < -0.4 is 5.32 Å². The third-order valence-corrected chi connectivity index (χ3v) is 3.85. The molecule has 2 aromatic rings. The minimum Gasteiger partial charge on any atom is -0.325 e. The maximum absolute atomic E-state index is 11.9. The quantitative estimate of drug-likeness (QED) is 0.520.